The van der Waals surface area contributed by atoms with Gasteiger partial charge in [0.1, 0.15) is 0 Å². The van der Waals surface area contributed by atoms with Crippen LogP contribution in [-0.2, 0) is 28.0 Å². The Bertz CT molecular complexity index is 11.4. The van der Waals surface area contributed by atoms with Crippen molar-refractivity contribution in [2.75, 3.05) is 0 Å². The maximum Gasteiger partial charge on any atom is 0.154 e. The van der Waals surface area contributed by atoms with Gasteiger partial charge in [-0.05, 0) is 0 Å². The average molecular weight is 135 g/mol. The van der Waals surface area contributed by atoms with Gasteiger partial charge < -0.3 is 11.0 Å². The standard InChI is InChI=1S/Mn.O3.2O/c;1-3-2;;/q;;2*-2. The van der Waals surface area contributed by atoms with Crippen molar-refractivity contribution in [3.8, 4) is 0 Å². The van der Waals surface area contributed by atoms with Gasteiger partial charge in [-0.25, -0.2) is 0 Å². The molecule has 1 radical (unpaired) electrons. The van der Waals surface area contributed by atoms with Crippen LogP contribution in [0.3, 0.4) is 0 Å². The van der Waals surface area contributed by atoms with Crippen molar-refractivity contribution in [2.45, 2.75) is 0 Å². The molecule has 0 aliphatic carbocycles. The van der Waals surface area contributed by atoms with Crippen molar-refractivity contribution in [1.82, 2.24) is 0 Å². The summed E-state index contributed by atoms with van der Waals surface area (Å²) in [6.07, 6.45) is 0. The van der Waals surface area contributed by atoms with Crippen LogP contribution < -0.4 is 5.26 Å². The molecule has 0 unspecified atom stereocenters. The second-order valence-electron chi connectivity index (χ2n) is 0.0680. The fourth-order valence-corrected chi connectivity index (χ4v) is 0. The Balaban J connectivity index is -0.00000000667. The second kappa shape index (κ2) is 101. The molecule has 41 valence electrons. The minimum absolute atomic E-state index is 0. The van der Waals surface area contributed by atoms with Gasteiger partial charge in [0.2, 0.25) is 0 Å². The predicted molar refractivity (Wildman–Crippen MR) is 8.11 cm³/mol. The van der Waals surface area contributed by atoms with Crippen molar-refractivity contribution in [1.29, 1.82) is 0 Å². The van der Waals surface area contributed by atoms with E-state index in [2.05, 4.69) is 0 Å². The van der Waals surface area contributed by atoms with Crippen LogP contribution in [-0.4, -0.2) is 0 Å². The Hall–Kier alpha value is -0.161. The zero-order valence-corrected chi connectivity index (χ0v) is 3.60. The summed E-state index contributed by atoms with van der Waals surface area (Å²) >= 11 is 0. The van der Waals surface area contributed by atoms with Crippen molar-refractivity contribution in [3.05, 3.63) is 9.71 Å². The van der Waals surface area contributed by atoms with Gasteiger partial charge in [-0.2, -0.15) is 0 Å². The number of hydrogen-bond acceptors (Lipinski definition) is 2. The molecule has 0 heterocycles. The third kappa shape index (κ3) is 1200. The van der Waals surface area contributed by atoms with E-state index < -0.39 is 0 Å². The normalized spacial score (nSPS) is 2.00. The van der Waals surface area contributed by atoms with E-state index in [0.717, 1.165) is 0 Å². The summed E-state index contributed by atoms with van der Waals surface area (Å²) in [6, 6.07) is 0. The van der Waals surface area contributed by atoms with Crippen LogP contribution in [0.15, 0.2) is 0 Å². The molecule has 6 heavy (non-hydrogen) atoms. The smallest absolute Gasteiger partial charge is 0.154 e. The summed E-state index contributed by atoms with van der Waals surface area (Å²) < 4.78 is 1.75. The molecule has 0 spiro atoms. The van der Waals surface area contributed by atoms with Crippen molar-refractivity contribution in [2.24, 2.45) is 0 Å². The molecule has 0 aliphatic rings. The summed E-state index contributed by atoms with van der Waals surface area (Å²) in [4.78, 5) is 7.88. The third-order valence-electron chi connectivity index (χ3n) is 0. The van der Waals surface area contributed by atoms with Crippen LogP contribution in [0, 0.1) is 9.71 Å². The molecule has 6 heteroatoms. The second-order valence-corrected chi connectivity index (χ2v) is 0.0680. The maximum absolute atomic E-state index is 7.88. The summed E-state index contributed by atoms with van der Waals surface area (Å²) in [6.45, 7) is 0. The first-order chi connectivity index (χ1) is 1.41. The SMILES string of the molecule is O=[O+][O-].[Mn].[O-2].[O-2]. The average Bonchev–Trinajstić information content (AvgIpc) is 0.918. The fourth-order valence-electron chi connectivity index (χ4n) is 0. The molecule has 0 amide bonds. The molecular formula is MnO5-4. The molecule has 0 rings (SSSR count). The zero-order chi connectivity index (χ0) is 2.71. The van der Waals surface area contributed by atoms with E-state index in [1.165, 1.54) is 0 Å². The Morgan fingerprint density at radius 1 is 1.33 bits per heavy atom. The summed E-state index contributed by atoms with van der Waals surface area (Å²) in [5.74, 6) is 0. The molecule has 0 N–H and O–H groups in total. The van der Waals surface area contributed by atoms with Crippen LogP contribution in [0.4, 0.5) is 0 Å². The van der Waals surface area contributed by atoms with E-state index in [4.69, 9.17) is 10.2 Å². The van der Waals surface area contributed by atoms with Crippen molar-refractivity contribution < 1.29 is 33.3 Å². The van der Waals surface area contributed by atoms with E-state index in [0.29, 0.717) is 0 Å². The molecule has 0 aromatic rings. The maximum atomic E-state index is 7.88. The quantitative estimate of drug-likeness (QED) is 0.177. The molecule has 0 bridgehead atoms. The monoisotopic (exact) mass is 135 g/mol. The zero-order valence-electron chi connectivity index (χ0n) is 2.42. The minimum atomic E-state index is 0. The summed E-state index contributed by atoms with van der Waals surface area (Å²) in [5.41, 5.74) is 0. The fraction of sp³-hybridized carbons (Fsp3) is 0. The van der Waals surface area contributed by atoms with E-state index in [-0.39, 0.29) is 28.0 Å². The van der Waals surface area contributed by atoms with Gasteiger partial charge in [0.05, 0.1) is 0 Å². The first-order valence-electron chi connectivity index (χ1n) is 0.333. The Labute approximate surface area is 43.9 Å². The van der Waals surface area contributed by atoms with Gasteiger partial charge >= 0.3 is 0 Å². The van der Waals surface area contributed by atoms with Gasteiger partial charge in [0.15, 0.2) is 4.75 Å². The van der Waals surface area contributed by atoms with Gasteiger partial charge in [0, 0.05) is 17.1 Å². The summed E-state index contributed by atoms with van der Waals surface area (Å²) in [7, 11) is 0. The first-order valence-corrected chi connectivity index (χ1v) is 0.333. The Kier molecular flexibility index (Phi) is 682. The molecule has 0 saturated carbocycles. The number of rotatable bonds is 0. The van der Waals surface area contributed by atoms with E-state index in [1.807, 2.05) is 0 Å². The van der Waals surface area contributed by atoms with Gasteiger partial charge in [-0.3, -0.25) is 0 Å². The van der Waals surface area contributed by atoms with E-state index >= 15 is 0 Å². The van der Waals surface area contributed by atoms with Gasteiger partial charge in [-0.1, -0.05) is 10.2 Å². The summed E-state index contributed by atoms with van der Waals surface area (Å²) in [5, 5.41) is 7.88. The van der Waals surface area contributed by atoms with E-state index in [1.54, 1.807) is 4.75 Å². The third-order valence-corrected chi connectivity index (χ3v) is 0. The van der Waals surface area contributed by atoms with Gasteiger partial charge in [-0.15, -0.1) is 0 Å². The van der Waals surface area contributed by atoms with Crippen LogP contribution in [0.25, 0.3) is 0 Å². The Morgan fingerprint density at radius 2 is 1.33 bits per heavy atom. The molecule has 5 nitrogen and oxygen atoms in total. The minimum Gasteiger partial charge on any atom is -2.00 e. The van der Waals surface area contributed by atoms with Crippen LogP contribution in [0.5, 0.6) is 0 Å². The largest absolute Gasteiger partial charge is 2.00 e. The molecule has 0 aliphatic heterocycles. The predicted octanol–water partition coefficient (Wildman–Crippen LogP) is -1.36. The molecule has 0 atom stereocenters. The van der Waals surface area contributed by atoms with Crippen molar-refractivity contribution >= 4 is 0 Å². The topological polar surface area (TPSA) is 108 Å². The number of hydrogen-bond donors (Lipinski definition) is 0. The van der Waals surface area contributed by atoms with Crippen LogP contribution in [0.1, 0.15) is 0 Å². The molecular weight excluding hydrogens is 135 g/mol. The molecule has 0 aromatic heterocycles. The van der Waals surface area contributed by atoms with E-state index in [9.17, 15) is 0 Å². The molecule has 0 aromatic carbocycles. The molecule has 0 fully saturated rings. The van der Waals surface area contributed by atoms with Crippen molar-refractivity contribution in [3.63, 3.8) is 0 Å². The van der Waals surface area contributed by atoms with Crippen LogP contribution >= 0.6 is 0 Å². The first kappa shape index (κ1) is 40.4. The Morgan fingerprint density at radius 3 is 1.33 bits per heavy atom. The molecule has 0 saturated heterocycles. The van der Waals surface area contributed by atoms with Gasteiger partial charge in [0.25, 0.3) is 0 Å². The van der Waals surface area contributed by atoms with Crippen LogP contribution in [0.2, 0.25) is 0 Å².